The van der Waals surface area contributed by atoms with Crippen molar-refractivity contribution in [1.29, 1.82) is 0 Å². The van der Waals surface area contributed by atoms with E-state index in [1.54, 1.807) is 54.0 Å². The van der Waals surface area contributed by atoms with E-state index in [1.807, 2.05) is 31.2 Å². The first-order valence-corrected chi connectivity index (χ1v) is 18.8. The van der Waals surface area contributed by atoms with Crippen molar-refractivity contribution >= 4 is 38.7 Å². The summed E-state index contributed by atoms with van der Waals surface area (Å²) in [7, 11) is -2.54. The van der Waals surface area contributed by atoms with Gasteiger partial charge >= 0.3 is 11.9 Å². The maximum absolute atomic E-state index is 14.1. The first kappa shape index (κ1) is 35.6. The molecule has 0 fully saturated rings. The molecule has 0 bridgehead atoms. The minimum Gasteiger partial charge on any atom is -0.497 e. The summed E-state index contributed by atoms with van der Waals surface area (Å²) < 4.78 is 47.6. The van der Waals surface area contributed by atoms with E-state index in [2.05, 4.69) is 16.6 Å². The predicted molar refractivity (Wildman–Crippen MR) is 198 cm³/mol. The van der Waals surface area contributed by atoms with Crippen LogP contribution in [0.25, 0.3) is 22.3 Å². The number of hydrogen-bond acceptors (Lipinski definition) is 10. The zero-order valence-electron chi connectivity index (χ0n) is 29.8. The van der Waals surface area contributed by atoms with Gasteiger partial charge in [0.25, 0.3) is 15.6 Å². The largest absolute Gasteiger partial charge is 0.497 e. The van der Waals surface area contributed by atoms with Crippen LogP contribution in [0.4, 0.5) is 0 Å². The summed E-state index contributed by atoms with van der Waals surface area (Å²) in [6, 6.07) is 22.8. The SMILES string of the molecule is CCc1c2c(nc3ccccc13)-c1cc3c(c(=O)n1C2)COC(=O)[C@]3(CC)OC(=O)CN=C(Cc1ccc(OC)cc1)NS(=O)(=O)c1ccc(C)cc1. The van der Waals surface area contributed by atoms with Crippen LogP contribution in [0.15, 0.2) is 93.5 Å². The Morgan fingerprint density at radius 3 is 2.45 bits per heavy atom. The third-order valence-electron chi connectivity index (χ3n) is 9.84. The molecular formula is C40H38N4O8S. The summed E-state index contributed by atoms with van der Waals surface area (Å²) >= 11 is 0. The van der Waals surface area contributed by atoms with Gasteiger partial charge in [-0.15, -0.1) is 0 Å². The third kappa shape index (κ3) is 6.45. The highest BCUT2D eigenvalue weighted by atomic mass is 32.2. The highest BCUT2D eigenvalue weighted by Gasteiger charge is 2.50. The predicted octanol–water partition coefficient (Wildman–Crippen LogP) is 5.13. The standard InChI is InChI=1S/C40H38N4O8S/c1-5-28-29-9-7-8-10-33(29)42-37-30(28)22-44-34(37)20-32-31(38(44)46)23-51-39(47)40(32,6-2)52-36(45)21-41-35(19-25-13-15-26(50-4)16-14-25)43-53(48,49)27-17-11-24(3)12-18-27/h7-18,20H,5-6,19,21-23H2,1-4H3,(H,41,43)/t40-/m1/s1. The van der Waals surface area contributed by atoms with Crippen LogP contribution < -0.4 is 15.0 Å². The lowest BCUT2D eigenvalue weighted by atomic mass is 9.85. The molecule has 2 aliphatic heterocycles. The van der Waals surface area contributed by atoms with Gasteiger partial charge in [-0.2, -0.15) is 0 Å². The number of ether oxygens (including phenoxy) is 3. The fraction of sp³-hybridized carbons (Fsp3) is 0.275. The molecule has 5 aromatic rings. The number of aryl methyl sites for hydroxylation is 2. The number of aromatic nitrogens is 2. The molecule has 7 rings (SSSR count). The van der Waals surface area contributed by atoms with Crippen molar-refractivity contribution in [3.8, 4) is 17.1 Å². The Bertz CT molecular complexity index is 2470. The molecule has 3 aromatic carbocycles. The van der Waals surface area contributed by atoms with Crippen LogP contribution in [0, 0.1) is 6.92 Å². The van der Waals surface area contributed by atoms with Gasteiger partial charge in [-0.25, -0.2) is 23.0 Å². The van der Waals surface area contributed by atoms with Crippen molar-refractivity contribution in [1.82, 2.24) is 14.3 Å². The van der Waals surface area contributed by atoms with Crippen LogP contribution in [0.1, 0.15) is 53.6 Å². The Balaban J connectivity index is 1.23. The van der Waals surface area contributed by atoms with Crippen molar-refractivity contribution in [3.05, 3.63) is 123 Å². The molecule has 0 aliphatic carbocycles. The van der Waals surface area contributed by atoms with Crippen LogP contribution in [0.5, 0.6) is 5.75 Å². The Morgan fingerprint density at radius 2 is 1.75 bits per heavy atom. The first-order valence-electron chi connectivity index (χ1n) is 17.3. The maximum atomic E-state index is 14.1. The van der Waals surface area contributed by atoms with E-state index in [0.717, 1.165) is 34.0 Å². The number of aliphatic imine (C=N–C) groups is 1. The molecule has 12 nitrogen and oxygen atoms in total. The summed E-state index contributed by atoms with van der Waals surface area (Å²) in [5.74, 6) is -1.14. The number of rotatable bonds is 10. The molecular weight excluding hydrogens is 697 g/mol. The van der Waals surface area contributed by atoms with E-state index < -0.39 is 34.1 Å². The summed E-state index contributed by atoms with van der Waals surface area (Å²) in [4.78, 5) is 50.7. The molecule has 0 saturated heterocycles. The fourth-order valence-corrected chi connectivity index (χ4v) is 8.11. The molecule has 1 atom stereocenters. The normalized spacial score (nSPS) is 16.4. The molecule has 272 valence electrons. The van der Waals surface area contributed by atoms with E-state index in [0.29, 0.717) is 29.2 Å². The van der Waals surface area contributed by atoms with Gasteiger partial charge in [0.05, 0.1) is 41.0 Å². The fourth-order valence-electron chi connectivity index (χ4n) is 7.05. The highest BCUT2D eigenvalue weighted by molar-refractivity contribution is 7.90. The zero-order chi connectivity index (χ0) is 37.5. The van der Waals surface area contributed by atoms with Gasteiger partial charge in [0.15, 0.2) is 0 Å². The Kier molecular flexibility index (Phi) is 9.37. The smallest absolute Gasteiger partial charge is 0.355 e. The number of nitrogens with zero attached hydrogens (tertiary/aromatic N) is 3. The van der Waals surface area contributed by atoms with Gasteiger partial charge < -0.3 is 18.8 Å². The molecule has 0 saturated carbocycles. The number of esters is 2. The maximum Gasteiger partial charge on any atom is 0.355 e. The average molecular weight is 735 g/mol. The zero-order valence-corrected chi connectivity index (χ0v) is 30.6. The lowest BCUT2D eigenvalue weighted by Crippen LogP contribution is -2.48. The number of cyclic esters (lactones) is 1. The topological polar surface area (TPSA) is 155 Å². The Morgan fingerprint density at radius 1 is 1.02 bits per heavy atom. The number of sulfonamides is 1. The number of nitrogens with one attached hydrogen (secondary N) is 1. The van der Waals surface area contributed by atoms with Gasteiger partial charge in [-0.1, -0.05) is 61.9 Å². The molecule has 0 spiro atoms. The summed E-state index contributed by atoms with van der Waals surface area (Å²) in [5.41, 5.74) is 3.72. The second-order valence-corrected chi connectivity index (χ2v) is 14.7. The minimum absolute atomic E-state index is 0.0218. The van der Waals surface area contributed by atoms with Crippen LogP contribution in [-0.4, -0.2) is 49.4 Å². The number of amidine groups is 1. The molecule has 0 unspecified atom stereocenters. The molecule has 53 heavy (non-hydrogen) atoms. The second kappa shape index (κ2) is 14.0. The van der Waals surface area contributed by atoms with Crippen molar-refractivity contribution in [2.75, 3.05) is 13.7 Å². The molecule has 0 radical (unpaired) electrons. The van der Waals surface area contributed by atoms with Gasteiger partial charge in [0, 0.05) is 22.9 Å². The van der Waals surface area contributed by atoms with E-state index in [-0.39, 0.29) is 46.9 Å². The number of methoxy groups -OCH3 is 1. The molecule has 1 N–H and O–H groups in total. The van der Waals surface area contributed by atoms with E-state index >= 15 is 0 Å². The lowest BCUT2D eigenvalue weighted by Gasteiger charge is -2.35. The number of carbonyl (C=O) groups excluding carboxylic acids is 2. The van der Waals surface area contributed by atoms with Gasteiger partial charge in [-0.3, -0.25) is 14.5 Å². The van der Waals surface area contributed by atoms with Crippen LogP contribution in [0.2, 0.25) is 0 Å². The van der Waals surface area contributed by atoms with Crippen LogP contribution in [0.3, 0.4) is 0 Å². The number of para-hydroxylation sites is 1. The number of benzene rings is 3. The van der Waals surface area contributed by atoms with Crippen molar-refractivity contribution in [2.45, 2.75) is 63.7 Å². The third-order valence-corrected chi connectivity index (χ3v) is 11.2. The number of carbonyl (C=O) groups is 2. The molecule has 2 aromatic heterocycles. The minimum atomic E-state index is -4.08. The molecule has 2 aliphatic rings. The summed E-state index contributed by atoms with van der Waals surface area (Å²) in [6.07, 6.45) is 0.720. The van der Waals surface area contributed by atoms with Crippen molar-refractivity contribution in [2.24, 2.45) is 4.99 Å². The van der Waals surface area contributed by atoms with Crippen LogP contribution >= 0.6 is 0 Å². The highest BCUT2D eigenvalue weighted by Crippen LogP contribution is 2.42. The molecule has 0 amide bonds. The quantitative estimate of drug-likeness (QED) is 0.115. The van der Waals surface area contributed by atoms with Gasteiger partial charge in [0.1, 0.15) is 24.7 Å². The second-order valence-electron chi connectivity index (χ2n) is 13.0. The van der Waals surface area contributed by atoms with Gasteiger partial charge in [-0.05, 0) is 67.3 Å². The lowest BCUT2D eigenvalue weighted by molar-refractivity contribution is -0.188. The van der Waals surface area contributed by atoms with Crippen LogP contribution in [-0.2, 0) is 60.7 Å². The van der Waals surface area contributed by atoms with E-state index in [4.69, 9.17) is 19.2 Å². The molecule has 13 heteroatoms. The number of fused-ring (bicyclic) bond motifs is 5. The number of hydrogen-bond donors (Lipinski definition) is 1. The van der Waals surface area contributed by atoms with E-state index in [1.165, 1.54) is 19.2 Å². The van der Waals surface area contributed by atoms with E-state index in [9.17, 15) is 22.8 Å². The van der Waals surface area contributed by atoms with Crippen molar-refractivity contribution < 1.29 is 32.2 Å². The number of pyridine rings is 2. The first-order chi connectivity index (χ1) is 25.5. The Hall–Kier alpha value is -5.82. The Labute approximate surface area is 306 Å². The average Bonchev–Trinajstić information content (AvgIpc) is 3.52. The van der Waals surface area contributed by atoms with Gasteiger partial charge in [0.2, 0.25) is 5.60 Å². The van der Waals surface area contributed by atoms with Crippen molar-refractivity contribution in [3.63, 3.8) is 0 Å². The summed E-state index contributed by atoms with van der Waals surface area (Å²) in [5, 5.41) is 1.02. The summed E-state index contributed by atoms with van der Waals surface area (Å²) in [6.45, 7) is 4.98. The monoisotopic (exact) mass is 734 g/mol. The molecule has 4 heterocycles.